The van der Waals surface area contributed by atoms with Gasteiger partial charge in [-0.1, -0.05) is 11.6 Å². The minimum absolute atomic E-state index is 0.0465. The van der Waals surface area contributed by atoms with Crippen LogP contribution in [0.25, 0.3) is 0 Å². The molecule has 0 saturated carbocycles. The molecule has 0 radical (unpaired) electrons. The van der Waals surface area contributed by atoms with Gasteiger partial charge in [0.05, 0.1) is 25.5 Å². The minimum Gasteiger partial charge on any atom is -0.496 e. The van der Waals surface area contributed by atoms with Crippen LogP contribution in [0.1, 0.15) is 40.5 Å². The molecule has 1 aromatic carbocycles. The lowest BCUT2D eigenvalue weighted by molar-refractivity contribution is -0.116. The van der Waals surface area contributed by atoms with Crippen LogP contribution in [0.2, 0.25) is 5.02 Å². The molecular formula is C18H20ClN3O5. The Morgan fingerprint density at radius 3 is 2.63 bits per heavy atom. The zero-order chi connectivity index (χ0) is 20.0. The second kappa shape index (κ2) is 9.18. The van der Waals surface area contributed by atoms with Crippen molar-refractivity contribution in [2.75, 3.05) is 19.0 Å². The Kier molecular flexibility index (Phi) is 6.95. The standard InChI is InChI=1S/C18H20ClN3O5/c1-4-27-18(25)13-10-20-22(2)17(13)21-16(24)8-6-14(23)12-9-11(19)5-7-15(12)26-3/h5,7,9-10H,4,6,8H2,1-3H3,(H,21,24). The van der Waals surface area contributed by atoms with Gasteiger partial charge in [0.25, 0.3) is 0 Å². The Morgan fingerprint density at radius 2 is 1.96 bits per heavy atom. The van der Waals surface area contributed by atoms with Crippen LogP contribution in [-0.4, -0.2) is 41.2 Å². The summed E-state index contributed by atoms with van der Waals surface area (Å²) in [5.41, 5.74) is 0.459. The van der Waals surface area contributed by atoms with Crippen molar-refractivity contribution >= 4 is 35.1 Å². The number of methoxy groups -OCH3 is 1. The molecule has 27 heavy (non-hydrogen) atoms. The molecule has 2 aromatic rings. The van der Waals surface area contributed by atoms with E-state index >= 15 is 0 Å². The SMILES string of the molecule is CCOC(=O)c1cnn(C)c1NC(=O)CCC(=O)c1cc(Cl)ccc1OC. The third kappa shape index (κ3) is 5.07. The van der Waals surface area contributed by atoms with Gasteiger partial charge in [0.15, 0.2) is 5.78 Å². The Morgan fingerprint density at radius 1 is 1.22 bits per heavy atom. The molecule has 8 nitrogen and oxygen atoms in total. The summed E-state index contributed by atoms with van der Waals surface area (Å²) in [6, 6.07) is 4.71. The predicted octanol–water partition coefficient (Wildman–Crippen LogP) is 2.86. The Balaban J connectivity index is 2.03. The Hall–Kier alpha value is -2.87. The number of halogens is 1. The third-order valence-electron chi connectivity index (χ3n) is 3.73. The van der Waals surface area contributed by atoms with Gasteiger partial charge >= 0.3 is 5.97 Å². The van der Waals surface area contributed by atoms with Crippen LogP contribution in [0, 0.1) is 0 Å². The van der Waals surface area contributed by atoms with E-state index in [-0.39, 0.29) is 36.6 Å². The van der Waals surface area contributed by atoms with Crippen molar-refractivity contribution in [3.8, 4) is 5.75 Å². The second-order valence-corrected chi connectivity index (χ2v) is 6.00. The Bertz CT molecular complexity index is 863. The number of amides is 1. The van der Waals surface area contributed by atoms with Gasteiger partial charge in [-0.3, -0.25) is 14.3 Å². The summed E-state index contributed by atoms with van der Waals surface area (Å²) in [5.74, 6) is -0.688. The van der Waals surface area contributed by atoms with Crippen molar-refractivity contribution in [2.45, 2.75) is 19.8 Å². The lowest BCUT2D eigenvalue weighted by Crippen LogP contribution is -2.18. The van der Waals surface area contributed by atoms with Crippen molar-refractivity contribution in [3.63, 3.8) is 0 Å². The van der Waals surface area contributed by atoms with Crippen LogP contribution >= 0.6 is 11.6 Å². The minimum atomic E-state index is -0.583. The molecule has 0 fully saturated rings. The molecule has 9 heteroatoms. The van der Waals surface area contributed by atoms with Crippen LogP contribution in [0.3, 0.4) is 0 Å². The quantitative estimate of drug-likeness (QED) is 0.546. The zero-order valence-corrected chi connectivity index (χ0v) is 16.0. The molecule has 0 saturated heterocycles. The second-order valence-electron chi connectivity index (χ2n) is 5.57. The zero-order valence-electron chi connectivity index (χ0n) is 15.2. The van der Waals surface area contributed by atoms with Gasteiger partial charge in [-0.2, -0.15) is 5.10 Å². The van der Waals surface area contributed by atoms with E-state index in [9.17, 15) is 14.4 Å². The van der Waals surface area contributed by atoms with Crippen molar-refractivity contribution in [1.29, 1.82) is 0 Å². The molecule has 1 amide bonds. The summed E-state index contributed by atoms with van der Waals surface area (Å²) in [6.07, 6.45) is 1.19. The topological polar surface area (TPSA) is 99.5 Å². The van der Waals surface area contributed by atoms with Crippen LogP contribution in [0.5, 0.6) is 5.75 Å². The molecule has 2 rings (SSSR count). The summed E-state index contributed by atoms with van der Waals surface area (Å²) in [4.78, 5) is 36.5. The maximum absolute atomic E-state index is 12.4. The first-order chi connectivity index (χ1) is 12.9. The number of aromatic nitrogens is 2. The van der Waals surface area contributed by atoms with Gasteiger partial charge in [0.2, 0.25) is 5.91 Å². The van der Waals surface area contributed by atoms with Crippen molar-refractivity contribution in [3.05, 3.63) is 40.5 Å². The van der Waals surface area contributed by atoms with E-state index in [1.54, 1.807) is 26.1 Å². The number of Topliss-reactive ketones (excluding diaryl/α,β-unsaturated/α-hetero) is 1. The number of hydrogen-bond donors (Lipinski definition) is 1. The number of benzene rings is 1. The Labute approximate surface area is 161 Å². The number of carbonyl (C=O) groups is 3. The first-order valence-electron chi connectivity index (χ1n) is 8.23. The highest BCUT2D eigenvalue weighted by Crippen LogP contribution is 2.24. The smallest absolute Gasteiger partial charge is 0.343 e. The molecule has 1 heterocycles. The number of ether oxygens (including phenoxy) is 2. The number of anilines is 1. The van der Waals surface area contributed by atoms with E-state index < -0.39 is 11.9 Å². The van der Waals surface area contributed by atoms with Gasteiger partial charge in [-0.25, -0.2) is 4.79 Å². The highest BCUT2D eigenvalue weighted by Gasteiger charge is 2.20. The molecular weight excluding hydrogens is 374 g/mol. The van der Waals surface area contributed by atoms with Crippen LogP contribution in [0.15, 0.2) is 24.4 Å². The lowest BCUT2D eigenvalue weighted by atomic mass is 10.1. The molecule has 0 spiro atoms. The van der Waals surface area contributed by atoms with Crippen molar-refractivity contribution in [2.24, 2.45) is 7.05 Å². The lowest BCUT2D eigenvalue weighted by Gasteiger charge is -2.09. The molecule has 144 valence electrons. The average Bonchev–Trinajstić information content (AvgIpc) is 3.00. The third-order valence-corrected chi connectivity index (χ3v) is 3.97. The van der Waals surface area contributed by atoms with Crippen LogP contribution in [-0.2, 0) is 16.6 Å². The molecule has 1 N–H and O–H groups in total. The molecule has 0 unspecified atom stereocenters. The molecule has 0 aliphatic carbocycles. The molecule has 1 aromatic heterocycles. The number of ketones is 1. The van der Waals surface area contributed by atoms with Gasteiger partial charge < -0.3 is 14.8 Å². The fourth-order valence-corrected chi connectivity index (χ4v) is 2.57. The number of rotatable bonds is 8. The van der Waals surface area contributed by atoms with Gasteiger partial charge in [-0.15, -0.1) is 0 Å². The summed E-state index contributed by atoms with van der Waals surface area (Å²) < 4.78 is 11.4. The summed E-state index contributed by atoms with van der Waals surface area (Å²) in [5, 5.41) is 6.95. The molecule has 0 bridgehead atoms. The fraction of sp³-hybridized carbons (Fsp3) is 0.333. The average molecular weight is 394 g/mol. The largest absolute Gasteiger partial charge is 0.496 e. The maximum atomic E-state index is 12.4. The van der Waals surface area contributed by atoms with E-state index in [2.05, 4.69) is 10.4 Å². The molecule has 0 aliphatic rings. The van der Waals surface area contributed by atoms with E-state index in [4.69, 9.17) is 21.1 Å². The summed E-state index contributed by atoms with van der Waals surface area (Å²) in [6.45, 7) is 1.89. The van der Waals surface area contributed by atoms with Gasteiger partial charge in [-0.05, 0) is 25.1 Å². The normalized spacial score (nSPS) is 10.4. The monoisotopic (exact) mass is 393 g/mol. The number of esters is 1. The highest BCUT2D eigenvalue weighted by atomic mass is 35.5. The summed E-state index contributed by atoms with van der Waals surface area (Å²) >= 11 is 5.93. The number of hydrogen-bond acceptors (Lipinski definition) is 6. The van der Waals surface area contributed by atoms with Crippen LogP contribution < -0.4 is 10.1 Å². The van der Waals surface area contributed by atoms with Crippen LogP contribution in [0.4, 0.5) is 5.82 Å². The summed E-state index contributed by atoms with van der Waals surface area (Å²) in [7, 11) is 3.03. The van der Waals surface area contributed by atoms with Gasteiger partial charge in [0.1, 0.15) is 17.1 Å². The number of nitrogens with zero attached hydrogens (tertiary/aromatic N) is 2. The van der Waals surface area contributed by atoms with E-state index in [0.717, 1.165) is 0 Å². The van der Waals surface area contributed by atoms with Crippen molar-refractivity contribution < 1.29 is 23.9 Å². The predicted molar refractivity (Wildman–Crippen MR) is 99.4 cm³/mol. The molecule has 0 aliphatic heterocycles. The number of nitrogens with one attached hydrogen (secondary N) is 1. The van der Waals surface area contributed by atoms with E-state index in [1.165, 1.54) is 24.1 Å². The van der Waals surface area contributed by atoms with E-state index in [0.29, 0.717) is 16.3 Å². The maximum Gasteiger partial charge on any atom is 0.343 e. The number of carbonyl (C=O) groups excluding carboxylic acids is 3. The molecule has 0 atom stereocenters. The number of aryl methyl sites for hydroxylation is 1. The fourth-order valence-electron chi connectivity index (χ4n) is 2.40. The highest BCUT2D eigenvalue weighted by molar-refractivity contribution is 6.31. The first kappa shape index (κ1) is 20.4. The van der Waals surface area contributed by atoms with Gasteiger partial charge in [0, 0.05) is 24.9 Å². The van der Waals surface area contributed by atoms with Crippen molar-refractivity contribution in [1.82, 2.24) is 9.78 Å². The first-order valence-corrected chi connectivity index (χ1v) is 8.60. The van der Waals surface area contributed by atoms with E-state index in [1.807, 2.05) is 0 Å².